The van der Waals surface area contributed by atoms with Crippen LogP contribution in [-0.2, 0) is 16.6 Å². The van der Waals surface area contributed by atoms with Gasteiger partial charge in [0, 0.05) is 50.1 Å². The van der Waals surface area contributed by atoms with E-state index in [4.69, 9.17) is 15.2 Å². The fraction of sp³-hybridized carbons (Fsp3) is 0.400. The summed E-state index contributed by atoms with van der Waals surface area (Å²) in [7, 11) is 5.12. The first-order valence-electron chi connectivity index (χ1n) is 11.8. The number of carbonyl (C=O) groups excluding carboxylic acids is 2. The lowest BCUT2D eigenvalue weighted by Crippen LogP contribution is -2.19. The summed E-state index contributed by atoms with van der Waals surface area (Å²) in [6, 6.07) is 7.08. The van der Waals surface area contributed by atoms with Gasteiger partial charge in [-0.25, -0.2) is 0 Å². The minimum Gasteiger partial charge on any atom is -0.494 e. The van der Waals surface area contributed by atoms with Crippen molar-refractivity contribution in [1.29, 1.82) is 0 Å². The second kappa shape index (κ2) is 12.6. The number of benzene rings is 1. The van der Waals surface area contributed by atoms with Gasteiger partial charge in [-0.05, 0) is 25.3 Å². The number of amides is 2. The van der Waals surface area contributed by atoms with Gasteiger partial charge >= 0.3 is 0 Å². The zero-order valence-corrected chi connectivity index (χ0v) is 21.1. The summed E-state index contributed by atoms with van der Waals surface area (Å²) >= 11 is 0. The van der Waals surface area contributed by atoms with Crippen molar-refractivity contribution < 1.29 is 19.1 Å². The fourth-order valence-electron chi connectivity index (χ4n) is 3.38. The summed E-state index contributed by atoms with van der Waals surface area (Å²) in [5.41, 5.74) is 8.01. The van der Waals surface area contributed by atoms with Gasteiger partial charge in [-0.3, -0.25) is 14.3 Å². The molecule has 11 heteroatoms. The summed E-state index contributed by atoms with van der Waals surface area (Å²) in [6.45, 7) is 3.07. The second-order valence-electron chi connectivity index (χ2n) is 8.38. The van der Waals surface area contributed by atoms with Crippen molar-refractivity contribution in [3.8, 4) is 16.9 Å². The molecule has 11 nitrogen and oxygen atoms in total. The van der Waals surface area contributed by atoms with Gasteiger partial charge in [0.15, 0.2) is 11.5 Å². The maximum atomic E-state index is 12.0. The molecule has 4 rings (SSSR count). The van der Waals surface area contributed by atoms with Gasteiger partial charge in [-0.2, -0.15) is 5.10 Å². The summed E-state index contributed by atoms with van der Waals surface area (Å²) in [5.74, 6) is -0.0518. The molecule has 0 unspecified atom stereocenters. The molecule has 2 amide bonds. The molecule has 1 aliphatic carbocycles. The van der Waals surface area contributed by atoms with Crippen LogP contribution in [0.4, 0.5) is 17.2 Å². The Kier molecular flexibility index (Phi) is 9.34. The molecule has 0 bridgehead atoms. The van der Waals surface area contributed by atoms with E-state index in [0.717, 1.165) is 30.6 Å². The third-order valence-electron chi connectivity index (χ3n) is 5.43. The minimum atomic E-state index is -0.743. The number of rotatable bonds is 10. The monoisotopic (exact) mass is 495 g/mol. The average Bonchev–Trinajstić information content (AvgIpc) is 3.63. The number of hydrogen-bond donors (Lipinski definition) is 3. The van der Waals surface area contributed by atoms with Crippen molar-refractivity contribution in [3.05, 3.63) is 42.4 Å². The second-order valence-corrected chi connectivity index (χ2v) is 8.38. The Morgan fingerprint density at radius 2 is 1.97 bits per heavy atom. The number of aromatic nitrogens is 4. The molecule has 1 aromatic carbocycles. The number of aryl methyl sites for hydroxylation is 1. The maximum absolute atomic E-state index is 12.0. The highest BCUT2D eigenvalue weighted by atomic mass is 16.5. The summed E-state index contributed by atoms with van der Waals surface area (Å²) < 4.78 is 12.1. The Hall–Kier alpha value is -3.99. The van der Waals surface area contributed by atoms with Gasteiger partial charge in [0.1, 0.15) is 5.75 Å². The number of carbonyl (C=O) groups is 2. The molecule has 0 aliphatic heterocycles. The van der Waals surface area contributed by atoms with Gasteiger partial charge in [0.25, 0.3) is 5.91 Å². The molecule has 0 spiro atoms. The first kappa shape index (κ1) is 26.6. The minimum absolute atomic E-state index is 0.00952. The first-order valence-corrected chi connectivity index (χ1v) is 11.8. The van der Waals surface area contributed by atoms with Crippen LogP contribution >= 0.6 is 0 Å². The Balaban J connectivity index is 0.000000538. The van der Waals surface area contributed by atoms with Crippen molar-refractivity contribution in [1.82, 2.24) is 20.0 Å². The highest BCUT2D eigenvalue weighted by molar-refractivity contribution is 5.99. The number of nitrogens with two attached hydrogens (primary N) is 1. The highest BCUT2D eigenvalue weighted by Gasteiger charge is 2.30. The van der Waals surface area contributed by atoms with E-state index in [1.54, 1.807) is 31.2 Å². The van der Waals surface area contributed by atoms with Crippen LogP contribution in [0.25, 0.3) is 11.1 Å². The third kappa shape index (κ3) is 7.01. The van der Waals surface area contributed by atoms with Crippen molar-refractivity contribution in [3.63, 3.8) is 0 Å². The topological polar surface area (TPSA) is 146 Å². The highest BCUT2D eigenvalue weighted by Crippen LogP contribution is 2.38. The van der Waals surface area contributed by atoms with Gasteiger partial charge < -0.3 is 25.8 Å². The molecular formula is C25H33N7O4. The number of para-hydroxylation sites is 1. The quantitative estimate of drug-likeness (QED) is 0.362. The lowest BCUT2D eigenvalue weighted by molar-refractivity contribution is -0.117. The van der Waals surface area contributed by atoms with Crippen LogP contribution in [0.15, 0.2) is 36.7 Å². The lowest BCUT2D eigenvalue weighted by atomic mass is 10.1. The third-order valence-corrected chi connectivity index (χ3v) is 5.43. The largest absolute Gasteiger partial charge is 0.494 e. The molecule has 2 aromatic heterocycles. The summed E-state index contributed by atoms with van der Waals surface area (Å²) in [4.78, 5) is 23.9. The van der Waals surface area contributed by atoms with Gasteiger partial charge in [-0.1, -0.05) is 25.5 Å². The molecule has 0 radical (unpaired) electrons. The lowest BCUT2D eigenvalue weighted by Gasteiger charge is -2.16. The Morgan fingerprint density at radius 1 is 1.19 bits per heavy atom. The van der Waals surface area contributed by atoms with Gasteiger partial charge in [0.2, 0.25) is 5.91 Å². The Labute approximate surface area is 210 Å². The fourth-order valence-corrected chi connectivity index (χ4v) is 3.38. The zero-order chi connectivity index (χ0) is 26.1. The molecular weight excluding hydrogens is 462 g/mol. The molecule has 1 aliphatic rings. The predicted molar refractivity (Wildman–Crippen MR) is 137 cm³/mol. The molecule has 4 N–H and O–H groups in total. The van der Waals surface area contributed by atoms with Crippen LogP contribution in [0, 0.1) is 5.92 Å². The number of anilines is 3. The Morgan fingerprint density at radius 3 is 2.53 bits per heavy atom. The van der Waals surface area contributed by atoms with Gasteiger partial charge in [-0.15, -0.1) is 10.2 Å². The normalized spacial score (nSPS) is 12.3. The molecule has 1 saturated carbocycles. The van der Waals surface area contributed by atoms with E-state index in [9.17, 15) is 9.59 Å². The van der Waals surface area contributed by atoms with Crippen LogP contribution < -0.4 is 21.1 Å². The van der Waals surface area contributed by atoms with E-state index in [-0.39, 0.29) is 23.3 Å². The number of primary amides is 1. The predicted octanol–water partition coefficient (Wildman–Crippen LogP) is 3.51. The number of methoxy groups -OCH3 is 2. The number of nitrogens with one attached hydrogen (secondary N) is 2. The molecule has 0 saturated heterocycles. The number of hydrogen-bond acceptors (Lipinski definition) is 8. The smallest absolute Gasteiger partial charge is 0.271 e. The number of ether oxygens (including phenoxy) is 2. The Bertz CT molecular complexity index is 1190. The van der Waals surface area contributed by atoms with Crippen LogP contribution in [0.1, 0.15) is 43.1 Å². The first-order chi connectivity index (χ1) is 17.4. The van der Waals surface area contributed by atoms with E-state index < -0.39 is 5.91 Å². The number of nitrogens with zero attached hydrogens (tertiary/aromatic N) is 4. The van der Waals surface area contributed by atoms with Crippen molar-refractivity contribution >= 4 is 29.0 Å². The van der Waals surface area contributed by atoms with E-state index in [1.165, 1.54) is 18.9 Å². The van der Waals surface area contributed by atoms with E-state index in [2.05, 4.69) is 32.9 Å². The summed E-state index contributed by atoms with van der Waals surface area (Å²) in [5, 5.41) is 17.8. The molecule has 2 heterocycles. The van der Waals surface area contributed by atoms with Crippen molar-refractivity contribution in [2.75, 3.05) is 31.5 Å². The molecule has 36 heavy (non-hydrogen) atoms. The van der Waals surface area contributed by atoms with E-state index >= 15 is 0 Å². The standard InChI is InChI=1S/C20H21N7O3.C5H12O/c1-27-10-12(9-22-27)13-4-3-5-14(18(13)30-2)23-15-8-16(24-20(29)11-6-7-11)25-26-17(15)19(21)28;1-3-4-5-6-2/h3-5,8-11H,6-7H2,1-2H3,(H2,21,28)(H2,23,24,25,29);3-5H2,1-2H3. The maximum Gasteiger partial charge on any atom is 0.271 e. The van der Waals surface area contributed by atoms with Crippen LogP contribution in [0.3, 0.4) is 0 Å². The van der Waals surface area contributed by atoms with Crippen molar-refractivity contribution in [2.45, 2.75) is 32.6 Å². The molecule has 3 aromatic rings. The van der Waals surface area contributed by atoms with Crippen molar-refractivity contribution in [2.24, 2.45) is 18.7 Å². The van der Waals surface area contributed by atoms with Crippen LogP contribution in [0.5, 0.6) is 5.75 Å². The number of unbranched alkanes of at least 4 members (excludes halogenated alkanes) is 1. The van der Waals surface area contributed by atoms with E-state index in [1.807, 2.05) is 25.4 Å². The SMILES string of the molecule is CCCCOC.COc1c(Nc2cc(NC(=O)C3CC3)nnc2C(N)=O)cccc1-c1cnn(C)c1. The molecule has 192 valence electrons. The molecule has 0 atom stereocenters. The van der Waals surface area contributed by atoms with Crippen LogP contribution in [-0.4, -0.2) is 52.6 Å². The molecule has 1 fully saturated rings. The van der Waals surface area contributed by atoms with Crippen LogP contribution in [0.2, 0.25) is 0 Å². The average molecular weight is 496 g/mol. The zero-order valence-electron chi connectivity index (χ0n) is 21.1. The summed E-state index contributed by atoms with van der Waals surface area (Å²) in [6.07, 6.45) is 7.75. The van der Waals surface area contributed by atoms with E-state index in [0.29, 0.717) is 17.1 Å². The van der Waals surface area contributed by atoms with Gasteiger partial charge in [0.05, 0.1) is 24.7 Å².